The minimum atomic E-state index is -3.03. The van der Waals surface area contributed by atoms with Gasteiger partial charge in [-0.2, -0.15) is 4.31 Å². The van der Waals surface area contributed by atoms with Gasteiger partial charge >= 0.3 is 0 Å². The van der Waals surface area contributed by atoms with Gasteiger partial charge in [-0.1, -0.05) is 0 Å². The Bertz CT molecular complexity index is 359. The van der Waals surface area contributed by atoms with Crippen molar-refractivity contribution in [2.45, 2.75) is 38.1 Å². The molecule has 0 radical (unpaired) electrons. The van der Waals surface area contributed by atoms with Gasteiger partial charge in [0, 0.05) is 26.6 Å². The van der Waals surface area contributed by atoms with Gasteiger partial charge in [-0.25, -0.2) is 8.42 Å². The maximum absolute atomic E-state index is 11.7. The minimum Gasteiger partial charge on any atom is -0.412 e. The van der Waals surface area contributed by atoms with Crippen molar-refractivity contribution < 1.29 is 23.4 Å². The van der Waals surface area contributed by atoms with Crippen molar-refractivity contribution in [1.29, 1.82) is 0 Å². The van der Waals surface area contributed by atoms with E-state index < -0.39 is 10.0 Å². The number of nitrogens with zero attached hydrogens (tertiary/aromatic N) is 1. The van der Waals surface area contributed by atoms with Gasteiger partial charge in [0.15, 0.2) is 0 Å². The van der Waals surface area contributed by atoms with Crippen LogP contribution >= 0.6 is 0 Å². The zero-order valence-corrected chi connectivity index (χ0v) is 12.5. The summed E-state index contributed by atoms with van der Waals surface area (Å²) in [6, 6.07) is 0. The highest BCUT2D eigenvalue weighted by molar-refractivity contribution is 7.89. The van der Waals surface area contributed by atoms with Crippen LogP contribution in [0.1, 0.15) is 19.8 Å². The van der Waals surface area contributed by atoms with E-state index in [2.05, 4.69) is 13.2 Å². The molecule has 3 atom stereocenters. The third-order valence-electron chi connectivity index (χ3n) is 3.28. The van der Waals surface area contributed by atoms with E-state index in [4.69, 9.17) is 9.47 Å². The highest BCUT2D eigenvalue weighted by Gasteiger charge is 2.38. The third kappa shape index (κ3) is 4.54. The average molecular weight is 295 g/mol. The fraction of sp³-hybridized carbons (Fsp3) is 0.833. The maximum atomic E-state index is 11.7. The molecule has 7 heteroatoms. The van der Waals surface area contributed by atoms with E-state index in [1.54, 1.807) is 7.11 Å². The van der Waals surface area contributed by atoms with Crippen molar-refractivity contribution in [3.8, 4) is 0 Å². The van der Waals surface area contributed by atoms with Crippen LogP contribution in [0.3, 0.4) is 0 Å². The lowest BCUT2D eigenvalue weighted by molar-refractivity contribution is -0.00854. The monoisotopic (exact) mass is 295 g/mol. The van der Waals surface area contributed by atoms with Crippen molar-refractivity contribution in [3.63, 3.8) is 0 Å². The Morgan fingerprint density at radius 1 is 1.42 bits per heavy atom. The molecule has 2 aliphatic heterocycles. The summed E-state index contributed by atoms with van der Waals surface area (Å²) in [5, 5.41) is 0. The van der Waals surface area contributed by atoms with Gasteiger partial charge in [0.05, 0.1) is 24.1 Å². The Balaban J connectivity index is 0.00000103. The third-order valence-corrected chi connectivity index (χ3v) is 5.20. The summed E-state index contributed by atoms with van der Waals surface area (Å²) in [4.78, 5) is 0. The smallest absolute Gasteiger partial charge is 0.214 e. The normalized spacial score (nSPS) is 33.3. The van der Waals surface area contributed by atoms with Gasteiger partial charge in [-0.3, -0.25) is 0 Å². The average Bonchev–Trinajstić information content (AvgIpc) is 2.85. The first-order valence-electron chi connectivity index (χ1n) is 6.19. The van der Waals surface area contributed by atoms with E-state index in [9.17, 15) is 8.42 Å². The number of rotatable bonds is 3. The van der Waals surface area contributed by atoms with Crippen LogP contribution in [-0.2, 0) is 19.5 Å². The molecule has 2 saturated heterocycles. The van der Waals surface area contributed by atoms with Gasteiger partial charge < -0.3 is 14.9 Å². The van der Waals surface area contributed by atoms with Gasteiger partial charge in [0.2, 0.25) is 10.0 Å². The molecule has 0 aromatic heterocycles. The molecule has 0 bridgehead atoms. The first-order chi connectivity index (χ1) is 8.53. The number of ether oxygens (including phenoxy) is 2. The molecule has 19 heavy (non-hydrogen) atoms. The topological polar surface area (TPSA) is 87.3 Å². The maximum Gasteiger partial charge on any atom is 0.214 e. The molecule has 2 aliphatic rings. The summed E-state index contributed by atoms with van der Waals surface area (Å²) < 4.78 is 35.9. The predicted octanol–water partition coefficient (Wildman–Crippen LogP) is 0.192. The minimum absolute atomic E-state index is 0. The van der Waals surface area contributed by atoms with Crippen LogP contribution in [0.5, 0.6) is 0 Å². The van der Waals surface area contributed by atoms with E-state index >= 15 is 0 Å². The van der Waals surface area contributed by atoms with Crippen LogP contribution in [0, 0.1) is 0 Å². The Labute approximate surface area is 115 Å². The van der Waals surface area contributed by atoms with Crippen LogP contribution < -0.4 is 0 Å². The van der Waals surface area contributed by atoms with Gasteiger partial charge in [0.1, 0.15) is 0 Å². The van der Waals surface area contributed by atoms with Crippen LogP contribution in [0.15, 0.2) is 13.2 Å². The molecule has 2 N–H and O–H groups in total. The highest BCUT2D eigenvalue weighted by atomic mass is 32.2. The van der Waals surface area contributed by atoms with Gasteiger partial charge in [0.25, 0.3) is 0 Å². The van der Waals surface area contributed by atoms with Crippen LogP contribution in [0.2, 0.25) is 0 Å². The summed E-state index contributed by atoms with van der Waals surface area (Å²) in [6.07, 6.45) is 1.62. The zero-order chi connectivity index (χ0) is 13.8. The van der Waals surface area contributed by atoms with Crippen molar-refractivity contribution in [2.24, 2.45) is 0 Å². The van der Waals surface area contributed by atoms with Crippen molar-refractivity contribution >= 4 is 10.0 Å². The van der Waals surface area contributed by atoms with E-state index in [1.165, 1.54) is 4.31 Å². The first-order valence-corrected chi connectivity index (χ1v) is 7.80. The fourth-order valence-electron chi connectivity index (χ4n) is 2.43. The summed E-state index contributed by atoms with van der Waals surface area (Å²) in [6.45, 7) is 9.04. The molecule has 114 valence electrons. The largest absolute Gasteiger partial charge is 0.412 e. The Hall–Kier alpha value is -0.470. The lowest BCUT2D eigenvalue weighted by Gasteiger charge is -2.22. The van der Waals surface area contributed by atoms with Crippen LogP contribution in [-0.4, -0.2) is 62.5 Å². The zero-order valence-electron chi connectivity index (χ0n) is 11.7. The number of sulfonamides is 1. The van der Waals surface area contributed by atoms with Crippen molar-refractivity contribution in [2.75, 3.05) is 26.0 Å². The van der Waals surface area contributed by atoms with E-state index in [0.717, 1.165) is 12.8 Å². The molecule has 0 spiro atoms. The van der Waals surface area contributed by atoms with E-state index in [1.807, 2.05) is 6.92 Å². The molecule has 0 saturated carbocycles. The number of hydrogen-bond acceptors (Lipinski definition) is 4. The summed E-state index contributed by atoms with van der Waals surface area (Å²) in [5.74, 6) is 0.271. The summed E-state index contributed by atoms with van der Waals surface area (Å²) in [5.41, 5.74) is 0. The van der Waals surface area contributed by atoms with Crippen molar-refractivity contribution in [1.82, 2.24) is 4.31 Å². The standard InChI is InChI=1S/C10H19NO4S.C2H4.H2O/c1-8-6-9(14-2)10(15-8)7-11-4-3-5-16(11,12)13;1-2;/h8-10H,3-7H2,1-2H3;1-2H2;1H2/t8-,9-,10+;;/m0../s1. The number of hydrogen-bond donors (Lipinski definition) is 0. The molecule has 0 unspecified atom stereocenters. The van der Waals surface area contributed by atoms with Gasteiger partial charge in [-0.15, -0.1) is 13.2 Å². The molecule has 2 rings (SSSR count). The Morgan fingerprint density at radius 2 is 2.05 bits per heavy atom. The predicted molar refractivity (Wildman–Crippen MR) is 74.6 cm³/mol. The van der Waals surface area contributed by atoms with Gasteiger partial charge in [-0.05, 0) is 13.3 Å². The SMILES string of the molecule is C=C.CO[C@H]1C[C@H](C)O[C@@H]1CN1CCCS1(=O)=O.O. The first kappa shape index (κ1) is 18.5. The Morgan fingerprint density at radius 3 is 2.53 bits per heavy atom. The molecule has 0 aromatic rings. The van der Waals surface area contributed by atoms with E-state index in [-0.39, 0.29) is 29.5 Å². The second kappa shape index (κ2) is 7.96. The van der Waals surface area contributed by atoms with E-state index in [0.29, 0.717) is 13.1 Å². The van der Waals surface area contributed by atoms with Crippen LogP contribution in [0.4, 0.5) is 0 Å². The quantitative estimate of drug-likeness (QED) is 0.695. The highest BCUT2D eigenvalue weighted by Crippen LogP contribution is 2.25. The lowest BCUT2D eigenvalue weighted by atomic mass is 10.1. The molecular weight excluding hydrogens is 270 g/mol. The summed E-state index contributed by atoms with van der Waals surface area (Å²) in [7, 11) is -1.38. The second-order valence-electron chi connectivity index (χ2n) is 4.52. The molecule has 2 fully saturated rings. The Kier molecular flexibility index (Phi) is 7.76. The molecule has 2 heterocycles. The molecule has 6 nitrogen and oxygen atoms in total. The van der Waals surface area contributed by atoms with Crippen LogP contribution in [0.25, 0.3) is 0 Å². The molecule has 0 amide bonds. The molecular formula is C12H25NO5S. The molecule has 0 aromatic carbocycles. The fourth-order valence-corrected chi connectivity index (χ4v) is 3.96. The number of methoxy groups -OCH3 is 1. The van der Waals surface area contributed by atoms with Crippen molar-refractivity contribution in [3.05, 3.63) is 13.2 Å². The molecule has 0 aliphatic carbocycles. The lowest BCUT2D eigenvalue weighted by Crippen LogP contribution is -2.38. The second-order valence-corrected chi connectivity index (χ2v) is 6.61. The summed E-state index contributed by atoms with van der Waals surface area (Å²) >= 11 is 0.